The lowest BCUT2D eigenvalue weighted by Crippen LogP contribution is -2.34. The van der Waals surface area contributed by atoms with Gasteiger partial charge in [-0.2, -0.15) is 0 Å². The maximum absolute atomic E-state index is 12.0. The standard InChI is InChI=1S/C19H26O4/c1-14-7-4-9-16-15(14)8-5-11-19(16,13-18(21)23-3)12-6-10-17(20)22-2/h4,7,9H,5-6,8,10-13H2,1-3H3. The highest BCUT2D eigenvalue weighted by atomic mass is 16.5. The van der Waals surface area contributed by atoms with Crippen LogP contribution in [0.15, 0.2) is 18.2 Å². The van der Waals surface area contributed by atoms with E-state index in [-0.39, 0.29) is 17.4 Å². The Morgan fingerprint density at radius 1 is 1.17 bits per heavy atom. The minimum absolute atomic E-state index is 0.183. The normalized spacial score (nSPS) is 19.8. The predicted octanol–water partition coefficient (Wildman–Crippen LogP) is 3.48. The third-order valence-electron chi connectivity index (χ3n) is 5.04. The molecule has 1 aromatic rings. The van der Waals surface area contributed by atoms with Crippen molar-refractivity contribution in [1.82, 2.24) is 0 Å². The summed E-state index contributed by atoms with van der Waals surface area (Å²) in [5.74, 6) is -0.379. The third-order valence-corrected chi connectivity index (χ3v) is 5.04. The van der Waals surface area contributed by atoms with E-state index in [1.165, 1.54) is 30.9 Å². The van der Waals surface area contributed by atoms with Gasteiger partial charge >= 0.3 is 11.9 Å². The zero-order chi connectivity index (χ0) is 16.9. The summed E-state index contributed by atoms with van der Waals surface area (Å²) in [7, 11) is 2.84. The number of hydrogen-bond donors (Lipinski definition) is 0. The second-order valence-corrected chi connectivity index (χ2v) is 6.42. The highest BCUT2D eigenvalue weighted by Crippen LogP contribution is 2.44. The molecule has 0 fully saturated rings. The van der Waals surface area contributed by atoms with Crippen molar-refractivity contribution in [3.8, 4) is 0 Å². The zero-order valence-electron chi connectivity index (χ0n) is 14.3. The molecule has 0 saturated heterocycles. The van der Waals surface area contributed by atoms with Crippen molar-refractivity contribution in [3.63, 3.8) is 0 Å². The second-order valence-electron chi connectivity index (χ2n) is 6.42. The van der Waals surface area contributed by atoms with Gasteiger partial charge in [0.05, 0.1) is 20.6 Å². The van der Waals surface area contributed by atoms with Crippen molar-refractivity contribution in [2.24, 2.45) is 0 Å². The van der Waals surface area contributed by atoms with Crippen LogP contribution < -0.4 is 0 Å². The zero-order valence-corrected chi connectivity index (χ0v) is 14.3. The van der Waals surface area contributed by atoms with Crippen molar-refractivity contribution in [2.75, 3.05) is 14.2 Å². The average Bonchev–Trinajstić information content (AvgIpc) is 2.55. The van der Waals surface area contributed by atoms with Gasteiger partial charge < -0.3 is 9.47 Å². The number of aryl methyl sites for hydroxylation is 1. The summed E-state index contributed by atoms with van der Waals surface area (Å²) >= 11 is 0. The number of methoxy groups -OCH3 is 2. The molecule has 126 valence electrons. The Hall–Kier alpha value is -1.84. The van der Waals surface area contributed by atoms with E-state index < -0.39 is 0 Å². The summed E-state index contributed by atoms with van der Waals surface area (Å²) in [6.07, 6.45) is 5.36. The maximum Gasteiger partial charge on any atom is 0.306 e. The predicted molar refractivity (Wildman–Crippen MR) is 88.3 cm³/mol. The van der Waals surface area contributed by atoms with Gasteiger partial charge in [0, 0.05) is 11.8 Å². The molecular formula is C19H26O4. The summed E-state index contributed by atoms with van der Waals surface area (Å²) < 4.78 is 9.67. The minimum Gasteiger partial charge on any atom is -0.469 e. The SMILES string of the molecule is COC(=O)CCCC1(CC(=O)OC)CCCc2c(C)cccc21. The van der Waals surface area contributed by atoms with Crippen molar-refractivity contribution in [3.05, 3.63) is 34.9 Å². The Balaban J connectivity index is 2.30. The quantitative estimate of drug-likeness (QED) is 0.754. The number of rotatable bonds is 6. The van der Waals surface area contributed by atoms with Gasteiger partial charge in [-0.1, -0.05) is 18.2 Å². The second kappa shape index (κ2) is 7.62. The Labute approximate surface area is 138 Å². The number of fused-ring (bicyclic) bond motifs is 1. The van der Waals surface area contributed by atoms with E-state index in [0.29, 0.717) is 12.8 Å². The first-order valence-electron chi connectivity index (χ1n) is 8.25. The molecule has 2 rings (SSSR count). The van der Waals surface area contributed by atoms with Gasteiger partial charge in [0.1, 0.15) is 0 Å². The number of benzene rings is 1. The number of esters is 2. The molecular weight excluding hydrogens is 292 g/mol. The third kappa shape index (κ3) is 3.92. The Morgan fingerprint density at radius 2 is 1.91 bits per heavy atom. The molecule has 1 aromatic carbocycles. The molecule has 0 aliphatic heterocycles. The molecule has 0 saturated carbocycles. The molecule has 0 spiro atoms. The highest BCUT2D eigenvalue weighted by molar-refractivity contribution is 5.72. The minimum atomic E-state index is -0.222. The van der Waals surface area contributed by atoms with Crippen molar-refractivity contribution in [2.45, 2.75) is 57.3 Å². The molecule has 0 aromatic heterocycles. The number of hydrogen-bond acceptors (Lipinski definition) is 4. The summed E-state index contributed by atoms with van der Waals surface area (Å²) in [5.41, 5.74) is 3.69. The monoisotopic (exact) mass is 318 g/mol. The summed E-state index contributed by atoms with van der Waals surface area (Å²) in [6.45, 7) is 2.13. The van der Waals surface area contributed by atoms with Crippen LogP contribution in [0.4, 0.5) is 0 Å². The first kappa shape index (κ1) is 17.5. The van der Waals surface area contributed by atoms with Gasteiger partial charge in [-0.3, -0.25) is 9.59 Å². The lowest BCUT2D eigenvalue weighted by Gasteiger charge is -2.39. The first-order valence-corrected chi connectivity index (χ1v) is 8.25. The van der Waals surface area contributed by atoms with Crippen molar-refractivity contribution >= 4 is 11.9 Å². The lowest BCUT2D eigenvalue weighted by atomic mass is 9.65. The summed E-state index contributed by atoms with van der Waals surface area (Å²) in [6, 6.07) is 6.33. The highest BCUT2D eigenvalue weighted by Gasteiger charge is 2.38. The number of carbonyl (C=O) groups excluding carboxylic acids is 2. The average molecular weight is 318 g/mol. The fourth-order valence-corrected chi connectivity index (χ4v) is 3.82. The van der Waals surface area contributed by atoms with E-state index in [1.54, 1.807) is 0 Å². The van der Waals surface area contributed by atoms with E-state index in [4.69, 9.17) is 9.47 Å². The van der Waals surface area contributed by atoms with E-state index >= 15 is 0 Å². The van der Waals surface area contributed by atoms with E-state index in [0.717, 1.165) is 32.1 Å². The molecule has 4 nitrogen and oxygen atoms in total. The van der Waals surface area contributed by atoms with Crippen LogP contribution in [-0.4, -0.2) is 26.2 Å². The van der Waals surface area contributed by atoms with Crippen LogP contribution in [0.2, 0.25) is 0 Å². The topological polar surface area (TPSA) is 52.6 Å². The summed E-state index contributed by atoms with van der Waals surface area (Å²) in [4.78, 5) is 23.4. The fraction of sp³-hybridized carbons (Fsp3) is 0.579. The molecule has 1 aliphatic carbocycles. The van der Waals surface area contributed by atoms with Crippen LogP contribution in [-0.2, 0) is 30.9 Å². The van der Waals surface area contributed by atoms with Gasteiger partial charge in [0.2, 0.25) is 0 Å². The Bertz CT molecular complexity index is 579. The molecule has 0 bridgehead atoms. The van der Waals surface area contributed by atoms with Crippen LogP contribution in [0, 0.1) is 6.92 Å². The number of carbonyl (C=O) groups is 2. The van der Waals surface area contributed by atoms with E-state index in [2.05, 4.69) is 25.1 Å². The lowest BCUT2D eigenvalue weighted by molar-refractivity contribution is -0.142. The van der Waals surface area contributed by atoms with E-state index in [1.807, 2.05) is 0 Å². The van der Waals surface area contributed by atoms with Gasteiger partial charge in [0.25, 0.3) is 0 Å². The maximum atomic E-state index is 12.0. The Morgan fingerprint density at radius 3 is 2.61 bits per heavy atom. The molecule has 23 heavy (non-hydrogen) atoms. The largest absolute Gasteiger partial charge is 0.469 e. The molecule has 0 amide bonds. The molecule has 0 radical (unpaired) electrons. The van der Waals surface area contributed by atoms with Crippen LogP contribution in [0.25, 0.3) is 0 Å². The fourth-order valence-electron chi connectivity index (χ4n) is 3.82. The molecule has 1 atom stereocenters. The molecule has 0 heterocycles. The van der Waals surface area contributed by atoms with Crippen LogP contribution >= 0.6 is 0 Å². The van der Waals surface area contributed by atoms with Gasteiger partial charge in [-0.15, -0.1) is 0 Å². The van der Waals surface area contributed by atoms with E-state index in [9.17, 15) is 9.59 Å². The van der Waals surface area contributed by atoms with Crippen molar-refractivity contribution < 1.29 is 19.1 Å². The van der Waals surface area contributed by atoms with Crippen LogP contribution in [0.5, 0.6) is 0 Å². The van der Waals surface area contributed by atoms with Gasteiger partial charge in [-0.05, 0) is 55.7 Å². The van der Waals surface area contributed by atoms with Gasteiger partial charge in [0.15, 0.2) is 0 Å². The van der Waals surface area contributed by atoms with Crippen LogP contribution in [0.3, 0.4) is 0 Å². The molecule has 1 aliphatic rings. The molecule has 0 N–H and O–H groups in total. The molecule has 1 unspecified atom stereocenters. The summed E-state index contributed by atoms with van der Waals surface area (Å²) in [5, 5.41) is 0. The smallest absolute Gasteiger partial charge is 0.306 e. The van der Waals surface area contributed by atoms with Gasteiger partial charge in [-0.25, -0.2) is 0 Å². The Kier molecular flexibility index (Phi) is 5.80. The molecule has 4 heteroatoms. The first-order chi connectivity index (χ1) is 11.0. The van der Waals surface area contributed by atoms with Crippen molar-refractivity contribution in [1.29, 1.82) is 0 Å². The van der Waals surface area contributed by atoms with Crippen LogP contribution in [0.1, 0.15) is 55.2 Å². The number of ether oxygens (including phenoxy) is 2.